The first-order valence-corrected chi connectivity index (χ1v) is 11.1. The van der Waals surface area contributed by atoms with Crippen LogP contribution in [0.4, 0.5) is 5.69 Å². The van der Waals surface area contributed by atoms with Gasteiger partial charge in [0.25, 0.3) is 0 Å². The summed E-state index contributed by atoms with van der Waals surface area (Å²) in [6.07, 6.45) is 0. The quantitative estimate of drug-likeness (QED) is 0.385. The lowest BCUT2D eigenvalue weighted by Crippen LogP contribution is -2.17. The first-order chi connectivity index (χ1) is 15.4. The van der Waals surface area contributed by atoms with Gasteiger partial charge in [0, 0.05) is 6.54 Å². The van der Waals surface area contributed by atoms with Crippen molar-refractivity contribution in [3.05, 3.63) is 65.0 Å². The highest BCUT2D eigenvalue weighted by atomic mass is 32.2. The van der Waals surface area contributed by atoms with E-state index in [9.17, 15) is 9.59 Å². The standard InChI is InChI=1S/C23H26N4O4S/c1-5-27-19(13-31-21-15(2)9-8-10-16(21)3)25-26-23(27)32-14-20(28)24-18-12-7-6-11-17(18)22(29)30-4/h6-12H,5,13-14H2,1-4H3,(H,24,28). The summed E-state index contributed by atoms with van der Waals surface area (Å²) in [7, 11) is 1.30. The number of anilines is 1. The van der Waals surface area contributed by atoms with E-state index in [0.717, 1.165) is 16.9 Å². The zero-order valence-electron chi connectivity index (χ0n) is 18.5. The fraction of sp³-hybridized carbons (Fsp3) is 0.304. The summed E-state index contributed by atoms with van der Waals surface area (Å²) in [6, 6.07) is 12.7. The highest BCUT2D eigenvalue weighted by molar-refractivity contribution is 7.99. The number of esters is 1. The Morgan fingerprint density at radius 2 is 1.78 bits per heavy atom. The molecule has 8 nitrogen and oxygen atoms in total. The van der Waals surface area contributed by atoms with E-state index < -0.39 is 5.97 Å². The summed E-state index contributed by atoms with van der Waals surface area (Å²) in [5, 5.41) is 11.9. The summed E-state index contributed by atoms with van der Waals surface area (Å²) in [5.41, 5.74) is 2.83. The highest BCUT2D eigenvalue weighted by Gasteiger charge is 2.17. The Bertz CT molecular complexity index is 1090. The smallest absolute Gasteiger partial charge is 0.339 e. The number of para-hydroxylation sites is 2. The number of carbonyl (C=O) groups excluding carboxylic acids is 2. The fourth-order valence-corrected chi connectivity index (χ4v) is 4.03. The van der Waals surface area contributed by atoms with Gasteiger partial charge in [-0.25, -0.2) is 4.79 Å². The van der Waals surface area contributed by atoms with Crippen molar-refractivity contribution in [2.24, 2.45) is 0 Å². The van der Waals surface area contributed by atoms with Crippen LogP contribution in [0.5, 0.6) is 5.75 Å². The van der Waals surface area contributed by atoms with Crippen LogP contribution < -0.4 is 10.1 Å². The third kappa shape index (κ3) is 5.47. The van der Waals surface area contributed by atoms with Gasteiger partial charge in [-0.1, -0.05) is 42.1 Å². The van der Waals surface area contributed by atoms with E-state index in [1.165, 1.54) is 18.9 Å². The van der Waals surface area contributed by atoms with Crippen LogP contribution in [0.3, 0.4) is 0 Å². The molecule has 9 heteroatoms. The Labute approximate surface area is 191 Å². The third-order valence-corrected chi connectivity index (χ3v) is 5.77. The Kier molecular flexibility index (Phi) is 7.88. The minimum atomic E-state index is -0.507. The molecule has 0 aliphatic heterocycles. The summed E-state index contributed by atoms with van der Waals surface area (Å²) < 4.78 is 12.7. The van der Waals surface area contributed by atoms with Crippen LogP contribution in [0.25, 0.3) is 0 Å². The maximum Gasteiger partial charge on any atom is 0.339 e. The van der Waals surface area contributed by atoms with Gasteiger partial charge in [-0.3, -0.25) is 4.79 Å². The van der Waals surface area contributed by atoms with Crippen LogP contribution in [-0.4, -0.2) is 39.5 Å². The van der Waals surface area contributed by atoms with Gasteiger partial charge >= 0.3 is 5.97 Å². The molecule has 2 aromatic carbocycles. The van der Waals surface area contributed by atoms with Crippen molar-refractivity contribution in [1.29, 1.82) is 0 Å². The van der Waals surface area contributed by atoms with Gasteiger partial charge in [0.1, 0.15) is 12.4 Å². The molecule has 0 saturated carbocycles. The Hall–Kier alpha value is -3.33. The molecule has 168 valence electrons. The predicted molar refractivity (Wildman–Crippen MR) is 123 cm³/mol. The van der Waals surface area contributed by atoms with E-state index in [1.54, 1.807) is 24.3 Å². The number of benzene rings is 2. The lowest BCUT2D eigenvalue weighted by molar-refractivity contribution is -0.113. The van der Waals surface area contributed by atoms with E-state index in [1.807, 2.05) is 43.5 Å². The maximum absolute atomic E-state index is 12.5. The minimum Gasteiger partial charge on any atom is -0.485 e. The molecule has 1 N–H and O–H groups in total. The highest BCUT2D eigenvalue weighted by Crippen LogP contribution is 2.24. The molecule has 3 rings (SSSR count). The van der Waals surface area contributed by atoms with Crippen LogP contribution in [0.2, 0.25) is 0 Å². The van der Waals surface area contributed by atoms with Gasteiger partial charge in [0.05, 0.1) is 24.1 Å². The normalized spacial score (nSPS) is 10.6. The number of hydrogen-bond donors (Lipinski definition) is 1. The number of aromatic nitrogens is 3. The summed E-state index contributed by atoms with van der Waals surface area (Å²) in [6.45, 7) is 6.93. The molecule has 0 spiro atoms. The van der Waals surface area contributed by atoms with Gasteiger partial charge < -0.3 is 19.4 Å². The molecule has 0 aliphatic rings. The number of nitrogens with one attached hydrogen (secondary N) is 1. The Morgan fingerprint density at radius 3 is 2.47 bits per heavy atom. The summed E-state index contributed by atoms with van der Waals surface area (Å²) >= 11 is 1.27. The number of amides is 1. The van der Waals surface area contributed by atoms with Crippen molar-refractivity contribution < 1.29 is 19.1 Å². The van der Waals surface area contributed by atoms with Crippen molar-refractivity contribution in [3.8, 4) is 5.75 Å². The van der Waals surface area contributed by atoms with Crippen LogP contribution in [-0.2, 0) is 22.7 Å². The molecule has 1 heterocycles. The van der Waals surface area contributed by atoms with Crippen LogP contribution >= 0.6 is 11.8 Å². The average Bonchev–Trinajstić information content (AvgIpc) is 3.19. The minimum absolute atomic E-state index is 0.116. The monoisotopic (exact) mass is 454 g/mol. The van der Waals surface area contributed by atoms with E-state index in [4.69, 9.17) is 9.47 Å². The van der Waals surface area contributed by atoms with Gasteiger partial charge in [-0.2, -0.15) is 0 Å². The zero-order valence-corrected chi connectivity index (χ0v) is 19.4. The largest absolute Gasteiger partial charge is 0.485 e. The first-order valence-electron chi connectivity index (χ1n) is 10.2. The van der Waals surface area contributed by atoms with Crippen molar-refractivity contribution in [2.45, 2.75) is 39.1 Å². The second kappa shape index (κ2) is 10.8. The van der Waals surface area contributed by atoms with E-state index in [2.05, 4.69) is 15.5 Å². The third-order valence-electron chi connectivity index (χ3n) is 4.80. The topological polar surface area (TPSA) is 95.3 Å². The predicted octanol–water partition coefficient (Wildman–Crippen LogP) is 4.01. The lowest BCUT2D eigenvalue weighted by Gasteiger charge is -2.12. The van der Waals surface area contributed by atoms with Crippen LogP contribution in [0.15, 0.2) is 47.6 Å². The van der Waals surface area contributed by atoms with Crippen molar-refractivity contribution in [3.63, 3.8) is 0 Å². The molecular weight excluding hydrogens is 428 g/mol. The molecule has 32 heavy (non-hydrogen) atoms. The van der Waals surface area contributed by atoms with Gasteiger partial charge in [0.2, 0.25) is 5.91 Å². The summed E-state index contributed by atoms with van der Waals surface area (Å²) in [5.74, 6) is 0.883. The molecule has 3 aromatic rings. The molecule has 0 unspecified atom stereocenters. The molecule has 0 saturated heterocycles. The van der Waals surface area contributed by atoms with Crippen molar-refractivity contribution in [1.82, 2.24) is 14.8 Å². The van der Waals surface area contributed by atoms with E-state index in [-0.39, 0.29) is 18.3 Å². The molecule has 0 aliphatic carbocycles. The second-order valence-electron chi connectivity index (χ2n) is 7.03. The molecule has 0 fully saturated rings. The number of thioether (sulfide) groups is 1. The van der Waals surface area contributed by atoms with Gasteiger partial charge in [-0.05, 0) is 44.0 Å². The molecule has 0 bridgehead atoms. The number of aryl methyl sites for hydroxylation is 2. The SMILES string of the molecule is CCn1c(COc2c(C)cccc2C)nnc1SCC(=O)Nc1ccccc1C(=O)OC. The first kappa shape index (κ1) is 23.3. The molecular formula is C23H26N4O4S. The molecule has 0 atom stereocenters. The Morgan fingerprint density at radius 1 is 1.06 bits per heavy atom. The van der Waals surface area contributed by atoms with E-state index in [0.29, 0.717) is 28.8 Å². The number of carbonyl (C=O) groups is 2. The number of methoxy groups -OCH3 is 1. The van der Waals surface area contributed by atoms with Gasteiger partial charge in [0.15, 0.2) is 11.0 Å². The number of hydrogen-bond acceptors (Lipinski definition) is 7. The zero-order chi connectivity index (χ0) is 23.1. The van der Waals surface area contributed by atoms with Crippen LogP contribution in [0.1, 0.15) is 34.2 Å². The number of ether oxygens (including phenoxy) is 2. The number of nitrogens with zero attached hydrogens (tertiary/aromatic N) is 3. The maximum atomic E-state index is 12.5. The molecule has 1 amide bonds. The summed E-state index contributed by atoms with van der Waals surface area (Å²) in [4.78, 5) is 24.4. The lowest BCUT2D eigenvalue weighted by atomic mass is 10.1. The van der Waals surface area contributed by atoms with Crippen molar-refractivity contribution in [2.75, 3.05) is 18.2 Å². The van der Waals surface area contributed by atoms with Crippen molar-refractivity contribution >= 4 is 29.3 Å². The van der Waals surface area contributed by atoms with E-state index >= 15 is 0 Å². The fourth-order valence-electron chi connectivity index (χ4n) is 3.21. The average molecular weight is 455 g/mol. The van der Waals surface area contributed by atoms with Crippen LogP contribution in [0, 0.1) is 13.8 Å². The number of rotatable bonds is 9. The molecule has 1 aromatic heterocycles. The van der Waals surface area contributed by atoms with Gasteiger partial charge in [-0.15, -0.1) is 10.2 Å². The second-order valence-corrected chi connectivity index (χ2v) is 7.97. The Balaban J connectivity index is 1.63. The molecule has 0 radical (unpaired) electrons.